The van der Waals surface area contributed by atoms with Gasteiger partial charge in [-0.3, -0.25) is 20.4 Å². The van der Waals surface area contributed by atoms with Crippen molar-refractivity contribution in [3.05, 3.63) is 94.9 Å². The van der Waals surface area contributed by atoms with Gasteiger partial charge in [0.25, 0.3) is 5.91 Å². The Balaban J connectivity index is 1.85. The Hall–Kier alpha value is -4.93. The second kappa shape index (κ2) is 11.5. The minimum absolute atomic E-state index is 0.0246. The highest BCUT2D eigenvalue weighted by Gasteiger charge is 2.41. The predicted molar refractivity (Wildman–Crippen MR) is 123 cm³/mol. The van der Waals surface area contributed by atoms with Crippen molar-refractivity contribution in [2.24, 2.45) is 0 Å². The first-order valence-electron chi connectivity index (χ1n) is 10.6. The number of amides is 2. The first kappa shape index (κ1) is 25.7. The summed E-state index contributed by atoms with van der Waals surface area (Å²) >= 11 is 0. The number of carboxylic acid groups (broad SMARTS) is 1. The number of hydrogen-bond acceptors (Lipinski definition) is 8. The van der Waals surface area contributed by atoms with E-state index in [1.165, 1.54) is 42.7 Å². The molecule has 1 aromatic heterocycles. The molecule has 0 bridgehead atoms. The van der Waals surface area contributed by atoms with Gasteiger partial charge in [-0.1, -0.05) is 35.4 Å². The van der Waals surface area contributed by atoms with Gasteiger partial charge in [0.05, 0.1) is 17.4 Å². The fourth-order valence-electron chi connectivity index (χ4n) is 3.06. The molecule has 1 heterocycles. The van der Waals surface area contributed by atoms with Crippen LogP contribution in [0.2, 0.25) is 0 Å². The average Bonchev–Trinajstić information content (AvgIpc) is 3.39. The van der Waals surface area contributed by atoms with E-state index in [2.05, 4.69) is 0 Å². The summed E-state index contributed by atoms with van der Waals surface area (Å²) in [7, 11) is 0. The highest BCUT2D eigenvalue weighted by atomic mass is 16.6. The zero-order chi connectivity index (χ0) is 26.2. The minimum atomic E-state index is -2.24. The average molecular weight is 494 g/mol. The second-order valence-corrected chi connectivity index (χ2v) is 7.65. The van der Waals surface area contributed by atoms with Crippen LogP contribution in [-0.4, -0.2) is 47.0 Å². The van der Waals surface area contributed by atoms with Crippen LogP contribution in [0.15, 0.2) is 71.3 Å². The lowest BCUT2D eigenvalue weighted by atomic mass is 10.1. The molecular weight excluding hydrogens is 472 g/mol. The monoisotopic (exact) mass is 494 g/mol. The number of carboxylic acids is 1. The lowest BCUT2D eigenvalue weighted by Crippen LogP contribution is -2.54. The van der Waals surface area contributed by atoms with Crippen LogP contribution in [0.5, 0.6) is 0 Å². The molecule has 2 atom stereocenters. The van der Waals surface area contributed by atoms with Crippen LogP contribution in [0.4, 0.5) is 0 Å². The van der Waals surface area contributed by atoms with Crippen molar-refractivity contribution in [3.63, 3.8) is 0 Å². The van der Waals surface area contributed by atoms with E-state index in [9.17, 15) is 29.1 Å². The maximum absolute atomic E-state index is 12.9. The first-order valence-corrected chi connectivity index (χ1v) is 10.6. The normalized spacial score (nSPS) is 12.1. The quantitative estimate of drug-likeness (QED) is 0.315. The fourth-order valence-corrected chi connectivity index (χ4v) is 3.06. The Morgan fingerprint density at radius 3 is 1.81 bits per heavy atom. The lowest BCUT2D eigenvalue weighted by molar-refractivity contribution is -0.159. The molecule has 3 N–H and O–H groups in total. The van der Waals surface area contributed by atoms with E-state index in [0.717, 1.165) is 0 Å². The van der Waals surface area contributed by atoms with E-state index in [1.807, 2.05) is 10.9 Å². The van der Waals surface area contributed by atoms with Crippen molar-refractivity contribution in [1.29, 1.82) is 0 Å². The van der Waals surface area contributed by atoms with Crippen LogP contribution in [0.1, 0.15) is 42.4 Å². The topological polar surface area (TPSA) is 161 Å². The summed E-state index contributed by atoms with van der Waals surface area (Å²) in [5.41, 5.74) is 5.45. The van der Waals surface area contributed by atoms with Gasteiger partial charge in [-0.25, -0.2) is 14.4 Å². The van der Waals surface area contributed by atoms with Gasteiger partial charge in [0.2, 0.25) is 12.2 Å². The third-order valence-electron chi connectivity index (χ3n) is 4.80. The smallest absolute Gasteiger partial charge is 0.349 e. The standard InChI is InChI=1S/C25H22N2O9/c1-14-6-3-8-16(12-14)24(32)35-19(22(29)27-26-21(28)18-10-5-11-34-18)20(23(30)31)36-25(33)17-9-4-7-15(2)13-17/h3-13,19-20H,1-2H3,(H,26,28)(H,27,29)(H,30,31)/t19-,20+/m1/s1. The predicted octanol–water partition coefficient (Wildman–Crippen LogP) is 2.19. The third kappa shape index (κ3) is 6.56. The van der Waals surface area contributed by atoms with E-state index in [0.29, 0.717) is 11.1 Å². The van der Waals surface area contributed by atoms with Crippen LogP contribution in [0.25, 0.3) is 0 Å². The molecule has 0 aliphatic heterocycles. The molecular formula is C25H22N2O9. The zero-order valence-electron chi connectivity index (χ0n) is 19.2. The molecule has 0 saturated heterocycles. The molecule has 11 heteroatoms. The maximum atomic E-state index is 12.9. The van der Waals surface area contributed by atoms with E-state index < -0.39 is 41.9 Å². The Morgan fingerprint density at radius 1 is 0.778 bits per heavy atom. The number of furan rings is 1. The molecule has 0 aliphatic rings. The molecule has 11 nitrogen and oxygen atoms in total. The zero-order valence-corrected chi connectivity index (χ0v) is 19.2. The molecule has 2 amide bonds. The Bertz CT molecular complexity index is 1280. The fraction of sp³-hybridized carbons (Fsp3) is 0.160. The van der Waals surface area contributed by atoms with E-state index >= 15 is 0 Å². The van der Waals surface area contributed by atoms with E-state index in [-0.39, 0.29) is 16.9 Å². The molecule has 0 aliphatic carbocycles. The highest BCUT2D eigenvalue weighted by molar-refractivity contribution is 5.98. The van der Waals surface area contributed by atoms with Crippen molar-refractivity contribution >= 4 is 29.7 Å². The first-order chi connectivity index (χ1) is 17.2. The Kier molecular flexibility index (Phi) is 8.18. The van der Waals surface area contributed by atoms with Crippen LogP contribution in [-0.2, 0) is 19.1 Å². The summed E-state index contributed by atoms with van der Waals surface area (Å²) in [6, 6.07) is 15.0. The van der Waals surface area contributed by atoms with Crippen LogP contribution < -0.4 is 10.9 Å². The molecule has 0 fully saturated rings. The molecule has 0 saturated carbocycles. The van der Waals surface area contributed by atoms with Gasteiger partial charge in [0, 0.05) is 0 Å². The van der Waals surface area contributed by atoms with E-state index in [1.54, 1.807) is 38.1 Å². The number of nitrogens with one attached hydrogen (secondary N) is 2. The number of carbonyl (C=O) groups is 5. The number of aryl methyl sites for hydroxylation is 2. The number of ether oxygens (including phenoxy) is 2. The van der Waals surface area contributed by atoms with Crippen LogP contribution in [0.3, 0.4) is 0 Å². The number of rotatable bonds is 8. The SMILES string of the molecule is Cc1cccc(C(=O)O[C@H](C(=O)O)[C@@H](OC(=O)c2cccc(C)c2)C(=O)NNC(=O)c2ccco2)c1. The van der Waals surface area contributed by atoms with E-state index in [4.69, 9.17) is 13.9 Å². The number of hydrogen-bond donors (Lipinski definition) is 3. The van der Waals surface area contributed by atoms with Gasteiger partial charge in [0.15, 0.2) is 5.76 Å². The van der Waals surface area contributed by atoms with Crippen molar-refractivity contribution in [2.75, 3.05) is 0 Å². The summed E-state index contributed by atoms with van der Waals surface area (Å²) < 4.78 is 15.2. The van der Waals surface area contributed by atoms with Crippen molar-refractivity contribution < 1.29 is 43.0 Å². The molecule has 0 spiro atoms. The van der Waals surface area contributed by atoms with Gasteiger partial charge >= 0.3 is 23.8 Å². The van der Waals surface area contributed by atoms with Gasteiger partial charge < -0.3 is 19.0 Å². The van der Waals surface area contributed by atoms with Crippen LogP contribution in [0, 0.1) is 13.8 Å². The highest BCUT2D eigenvalue weighted by Crippen LogP contribution is 2.15. The van der Waals surface area contributed by atoms with Gasteiger partial charge in [-0.2, -0.15) is 0 Å². The van der Waals surface area contributed by atoms with Gasteiger partial charge in [-0.05, 0) is 50.2 Å². The number of benzene rings is 2. The molecule has 36 heavy (non-hydrogen) atoms. The summed E-state index contributed by atoms with van der Waals surface area (Å²) in [6.07, 6.45) is -3.18. The molecule has 3 rings (SSSR count). The van der Waals surface area contributed by atoms with Crippen molar-refractivity contribution in [3.8, 4) is 0 Å². The summed E-state index contributed by atoms with van der Waals surface area (Å²) in [5.74, 6) is -6.14. The van der Waals surface area contributed by atoms with Gasteiger partial charge in [-0.15, -0.1) is 0 Å². The Morgan fingerprint density at radius 2 is 1.33 bits per heavy atom. The molecule has 2 aromatic carbocycles. The van der Waals surface area contributed by atoms with Crippen molar-refractivity contribution in [1.82, 2.24) is 10.9 Å². The minimum Gasteiger partial charge on any atom is -0.478 e. The number of hydrazine groups is 1. The number of aliphatic carboxylic acids is 1. The summed E-state index contributed by atoms with van der Waals surface area (Å²) in [5, 5.41) is 9.75. The Labute approximate surface area is 205 Å². The third-order valence-corrected chi connectivity index (χ3v) is 4.80. The van der Waals surface area contributed by atoms with Crippen LogP contribution >= 0.6 is 0 Å². The maximum Gasteiger partial charge on any atom is 0.349 e. The second-order valence-electron chi connectivity index (χ2n) is 7.65. The number of carbonyl (C=O) groups excluding carboxylic acids is 4. The number of esters is 2. The van der Waals surface area contributed by atoms with Gasteiger partial charge in [0.1, 0.15) is 0 Å². The summed E-state index contributed by atoms with van der Waals surface area (Å²) in [4.78, 5) is 62.3. The molecule has 0 unspecified atom stereocenters. The molecule has 186 valence electrons. The van der Waals surface area contributed by atoms with Crippen molar-refractivity contribution in [2.45, 2.75) is 26.1 Å². The molecule has 0 radical (unpaired) electrons. The molecule has 3 aromatic rings. The summed E-state index contributed by atoms with van der Waals surface area (Å²) in [6.45, 7) is 3.43. The largest absolute Gasteiger partial charge is 0.478 e. The lowest BCUT2D eigenvalue weighted by Gasteiger charge is -2.23.